The zero-order valence-electron chi connectivity index (χ0n) is 15.0. The summed E-state index contributed by atoms with van der Waals surface area (Å²) in [6.45, 7) is 3.65. The Hall–Kier alpha value is -2.88. The predicted molar refractivity (Wildman–Crippen MR) is 98.9 cm³/mol. The molecule has 0 saturated carbocycles. The number of nitriles is 1. The van der Waals surface area contributed by atoms with Gasteiger partial charge in [-0.15, -0.1) is 0 Å². The van der Waals surface area contributed by atoms with Crippen LogP contribution in [0.1, 0.15) is 22.7 Å². The number of hydrogen-bond donors (Lipinski definition) is 0. The van der Waals surface area contributed by atoms with E-state index in [0.717, 1.165) is 17.7 Å². The summed E-state index contributed by atoms with van der Waals surface area (Å²) >= 11 is 0. The first-order chi connectivity index (χ1) is 13.2. The first-order valence-electron chi connectivity index (χ1n) is 9.09. The molecule has 2 aliphatic heterocycles. The van der Waals surface area contributed by atoms with Crippen LogP contribution in [0.5, 0.6) is 5.75 Å². The highest BCUT2D eigenvalue weighted by molar-refractivity contribution is 5.70. The van der Waals surface area contributed by atoms with Crippen LogP contribution in [0.2, 0.25) is 0 Å². The fraction of sp³-hybridized carbons (Fsp3) is 0.333. The van der Waals surface area contributed by atoms with E-state index in [1.807, 2.05) is 30.3 Å². The second-order valence-electron chi connectivity index (χ2n) is 6.75. The number of rotatable bonds is 3. The summed E-state index contributed by atoms with van der Waals surface area (Å²) in [7, 11) is 0. The molecular weight excluding hydrogens is 342 g/mol. The van der Waals surface area contributed by atoms with Gasteiger partial charge in [0.2, 0.25) is 0 Å². The Balaban J connectivity index is 1.38. The highest BCUT2D eigenvalue weighted by Crippen LogP contribution is 2.34. The summed E-state index contributed by atoms with van der Waals surface area (Å²) in [4.78, 5) is 15.9. The summed E-state index contributed by atoms with van der Waals surface area (Å²) in [6, 6.07) is 17.8. The van der Waals surface area contributed by atoms with Gasteiger partial charge in [-0.1, -0.05) is 36.4 Å². The molecule has 1 amide bonds. The third-order valence-corrected chi connectivity index (χ3v) is 4.99. The fourth-order valence-electron chi connectivity index (χ4n) is 3.56. The van der Waals surface area contributed by atoms with Crippen molar-refractivity contribution in [2.75, 3.05) is 26.3 Å². The molecule has 6 heteroatoms. The normalized spacial score (nSPS) is 19.4. The third-order valence-electron chi connectivity index (χ3n) is 4.99. The Kier molecular flexibility index (Phi) is 5.05. The molecule has 1 atom stereocenters. The van der Waals surface area contributed by atoms with E-state index in [4.69, 9.17) is 9.47 Å². The molecule has 27 heavy (non-hydrogen) atoms. The van der Waals surface area contributed by atoms with Crippen LogP contribution >= 0.6 is 0 Å². The highest BCUT2D eigenvalue weighted by Gasteiger charge is 2.29. The van der Waals surface area contributed by atoms with Crippen molar-refractivity contribution in [1.29, 1.82) is 5.26 Å². The van der Waals surface area contributed by atoms with Crippen LogP contribution in [0.25, 0.3) is 0 Å². The maximum absolute atomic E-state index is 12.1. The molecule has 2 aromatic rings. The highest BCUT2D eigenvalue weighted by atomic mass is 16.6. The number of morpholine rings is 1. The van der Waals surface area contributed by atoms with E-state index in [0.29, 0.717) is 38.6 Å². The van der Waals surface area contributed by atoms with E-state index in [2.05, 4.69) is 17.0 Å². The molecule has 0 N–H and O–H groups in total. The first-order valence-corrected chi connectivity index (χ1v) is 9.09. The summed E-state index contributed by atoms with van der Waals surface area (Å²) < 4.78 is 10.7. The standard InChI is InChI=1S/C21H21N3O3/c22-13-20-19-4-2-1-3-17(19)15-24(20)14-16-5-7-18(8-6-16)27-21(25)23-9-11-26-12-10-23/h1-8,20H,9-12,14-15H2. The molecule has 2 aromatic carbocycles. The van der Waals surface area contributed by atoms with Crippen LogP contribution in [0, 0.1) is 11.3 Å². The fourth-order valence-corrected chi connectivity index (χ4v) is 3.56. The molecule has 2 aliphatic rings. The van der Waals surface area contributed by atoms with Gasteiger partial charge in [-0.2, -0.15) is 5.26 Å². The van der Waals surface area contributed by atoms with Gasteiger partial charge in [-0.25, -0.2) is 4.79 Å². The summed E-state index contributed by atoms with van der Waals surface area (Å²) in [5, 5.41) is 9.57. The van der Waals surface area contributed by atoms with E-state index in [9.17, 15) is 10.1 Å². The number of nitrogens with zero attached hydrogens (tertiary/aromatic N) is 3. The van der Waals surface area contributed by atoms with E-state index >= 15 is 0 Å². The largest absolute Gasteiger partial charge is 0.415 e. The van der Waals surface area contributed by atoms with E-state index in [1.54, 1.807) is 17.0 Å². The SMILES string of the molecule is N#CC1c2ccccc2CN1Cc1ccc(OC(=O)N2CCOCC2)cc1. The summed E-state index contributed by atoms with van der Waals surface area (Å²) in [6.07, 6.45) is -0.342. The lowest BCUT2D eigenvalue weighted by molar-refractivity contribution is 0.0416. The van der Waals surface area contributed by atoms with Crippen molar-refractivity contribution in [3.05, 3.63) is 65.2 Å². The molecule has 0 radical (unpaired) electrons. The molecule has 1 saturated heterocycles. The molecular formula is C21H21N3O3. The van der Waals surface area contributed by atoms with Crippen molar-refractivity contribution < 1.29 is 14.3 Å². The van der Waals surface area contributed by atoms with Gasteiger partial charge in [0, 0.05) is 26.2 Å². The zero-order chi connectivity index (χ0) is 18.6. The molecule has 138 valence electrons. The van der Waals surface area contributed by atoms with Crippen molar-refractivity contribution in [1.82, 2.24) is 9.80 Å². The third kappa shape index (κ3) is 3.80. The minimum absolute atomic E-state index is 0.222. The van der Waals surface area contributed by atoms with Crippen molar-refractivity contribution >= 4 is 6.09 Å². The maximum atomic E-state index is 12.1. The second kappa shape index (κ2) is 7.78. The molecule has 1 unspecified atom stereocenters. The van der Waals surface area contributed by atoms with Crippen molar-refractivity contribution in [3.8, 4) is 11.8 Å². The Bertz CT molecular complexity index is 854. The number of carbonyl (C=O) groups excluding carboxylic acids is 1. The second-order valence-corrected chi connectivity index (χ2v) is 6.75. The van der Waals surface area contributed by atoms with Crippen LogP contribution in [0.15, 0.2) is 48.5 Å². The predicted octanol–water partition coefficient (Wildman–Crippen LogP) is 3.10. The first kappa shape index (κ1) is 17.5. The minimum atomic E-state index is -0.342. The van der Waals surface area contributed by atoms with E-state index in [-0.39, 0.29) is 12.1 Å². The number of fused-ring (bicyclic) bond motifs is 1. The molecule has 1 fully saturated rings. The molecule has 4 rings (SSSR count). The van der Waals surface area contributed by atoms with Gasteiger partial charge in [0.25, 0.3) is 0 Å². The van der Waals surface area contributed by atoms with Gasteiger partial charge < -0.3 is 14.4 Å². The number of benzene rings is 2. The van der Waals surface area contributed by atoms with Crippen LogP contribution in [-0.4, -0.2) is 42.2 Å². The van der Waals surface area contributed by atoms with Gasteiger partial charge in [-0.05, 0) is 28.8 Å². The van der Waals surface area contributed by atoms with Gasteiger partial charge in [-0.3, -0.25) is 4.90 Å². The molecule has 0 bridgehead atoms. The summed E-state index contributed by atoms with van der Waals surface area (Å²) in [5.41, 5.74) is 3.38. The quantitative estimate of drug-likeness (QED) is 0.838. The van der Waals surface area contributed by atoms with Crippen LogP contribution in [0.3, 0.4) is 0 Å². The Labute approximate surface area is 158 Å². The average Bonchev–Trinajstić information content (AvgIpc) is 3.07. The molecule has 0 spiro atoms. The lowest BCUT2D eigenvalue weighted by Gasteiger charge is -2.25. The molecule has 2 heterocycles. The van der Waals surface area contributed by atoms with Crippen LogP contribution < -0.4 is 4.74 Å². The summed E-state index contributed by atoms with van der Waals surface area (Å²) in [5.74, 6) is 0.525. The molecule has 0 aromatic heterocycles. The molecule has 0 aliphatic carbocycles. The monoisotopic (exact) mass is 363 g/mol. The Morgan fingerprint density at radius 1 is 1.15 bits per heavy atom. The van der Waals surface area contributed by atoms with Crippen LogP contribution in [0.4, 0.5) is 4.79 Å². The van der Waals surface area contributed by atoms with Crippen molar-refractivity contribution in [2.24, 2.45) is 0 Å². The topological polar surface area (TPSA) is 65.8 Å². The Morgan fingerprint density at radius 3 is 2.63 bits per heavy atom. The van der Waals surface area contributed by atoms with Crippen molar-refractivity contribution in [3.63, 3.8) is 0 Å². The number of hydrogen-bond acceptors (Lipinski definition) is 5. The van der Waals surface area contributed by atoms with E-state index in [1.165, 1.54) is 5.56 Å². The number of amides is 1. The lowest BCUT2D eigenvalue weighted by atomic mass is 10.1. The molecule has 6 nitrogen and oxygen atoms in total. The minimum Gasteiger partial charge on any atom is -0.410 e. The average molecular weight is 363 g/mol. The van der Waals surface area contributed by atoms with Crippen LogP contribution in [-0.2, 0) is 17.8 Å². The smallest absolute Gasteiger partial charge is 0.410 e. The van der Waals surface area contributed by atoms with Gasteiger partial charge >= 0.3 is 6.09 Å². The lowest BCUT2D eigenvalue weighted by Crippen LogP contribution is -2.42. The van der Waals surface area contributed by atoms with E-state index < -0.39 is 0 Å². The van der Waals surface area contributed by atoms with Gasteiger partial charge in [0.15, 0.2) is 0 Å². The Morgan fingerprint density at radius 2 is 1.89 bits per heavy atom. The zero-order valence-corrected chi connectivity index (χ0v) is 15.0. The van der Waals surface area contributed by atoms with Crippen molar-refractivity contribution in [2.45, 2.75) is 19.1 Å². The number of carbonyl (C=O) groups is 1. The number of ether oxygens (including phenoxy) is 2. The maximum Gasteiger partial charge on any atom is 0.415 e. The van der Waals surface area contributed by atoms with Gasteiger partial charge in [0.05, 0.1) is 19.3 Å². The van der Waals surface area contributed by atoms with Gasteiger partial charge in [0.1, 0.15) is 11.8 Å².